The van der Waals surface area contributed by atoms with Gasteiger partial charge in [-0.25, -0.2) is 4.39 Å². The van der Waals surface area contributed by atoms with Crippen molar-refractivity contribution in [3.8, 4) is 0 Å². The lowest BCUT2D eigenvalue weighted by molar-refractivity contribution is 0.593. The van der Waals surface area contributed by atoms with Gasteiger partial charge in [0.25, 0.3) is 0 Å². The van der Waals surface area contributed by atoms with Crippen molar-refractivity contribution in [2.75, 3.05) is 0 Å². The summed E-state index contributed by atoms with van der Waals surface area (Å²) in [7, 11) is 0. The fourth-order valence-electron chi connectivity index (χ4n) is 2.86. The molecule has 2 aromatic rings. The van der Waals surface area contributed by atoms with Gasteiger partial charge in [-0.15, -0.1) is 0 Å². The summed E-state index contributed by atoms with van der Waals surface area (Å²) < 4.78 is 13.8. The van der Waals surface area contributed by atoms with Gasteiger partial charge < -0.3 is 5.73 Å². The lowest BCUT2D eigenvalue weighted by atomic mass is 9.96. The molecule has 1 unspecified atom stereocenters. The molecule has 0 amide bonds. The van der Waals surface area contributed by atoms with Crippen molar-refractivity contribution in [2.45, 2.75) is 31.7 Å². The van der Waals surface area contributed by atoms with Gasteiger partial charge in [0.2, 0.25) is 0 Å². The van der Waals surface area contributed by atoms with Crippen molar-refractivity contribution >= 4 is 11.6 Å². The number of halogens is 2. The van der Waals surface area contributed by atoms with E-state index in [4.69, 9.17) is 17.3 Å². The Labute approximate surface area is 123 Å². The fourth-order valence-corrected chi connectivity index (χ4v) is 3.02. The molecule has 1 nitrogen and oxygen atoms in total. The van der Waals surface area contributed by atoms with Crippen LogP contribution in [0, 0.1) is 5.82 Å². The minimum atomic E-state index is -0.283. The fraction of sp³-hybridized carbons (Fsp3) is 0.294. The van der Waals surface area contributed by atoms with E-state index < -0.39 is 0 Å². The first-order valence-corrected chi connectivity index (χ1v) is 7.32. The molecule has 0 radical (unpaired) electrons. The highest BCUT2D eigenvalue weighted by Crippen LogP contribution is 2.26. The Morgan fingerprint density at radius 2 is 1.90 bits per heavy atom. The van der Waals surface area contributed by atoms with Crippen LogP contribution in [0.1, 0.15) is 34.7 Å². The molecule has 0 aliphatic heterocycles. The molecule has 0 saturated carbocycles. The first-order valence-electron chi connectivity index (χ1n) is 6.94. The highest BCUT2D eigenvalue weighted by Gasteiger charge is 2.15. The van der Waals surface area contributed by atoms with E-state index in [1.807, 2.05) is 0 Å². The van der Waals surface area contributed by atoms with Gasteiger partial charge >= 0.3 is 0 Å². The van der Waals surface area contributed by atoms with Gasteiger partial charge in [0, 0.05) is 11.1 Å². The number of hydrogen-bond acceptors (Lipinski definition) is 1. The van der Waals surface area contributed by atoms with Gasteiger partial charge in [-0.2, -0.15) is 0 Å². The zero-order chi connectivity index (χ0) is 14.1. The smallest absolute Gasteiger partial charge is 0.127 e. The molecule has 20 heavy (non-hydrogen) atoms. The van der Waals surface area contributed by atoms with Crippen LogP contribution in [0.5, 0.6) is 0 Å². The summed E-state index contributed by atoms with van der Waals surface area (Å²) in [5.41, 5.74) is 10.8. The van der Waals surface area contributed by atoms with Crippen LogP contribution in [0.4, 0.5) is 4.39 Å². The van der Waals surface area contributed by atoms with Crippen LogP contribution in [0.2, 0.25) is 5.02 Å². The van der Waals surface area contributed by atoms with E-state index in [1.165, 1.54) is 23.6 Å². The number of rotatable bonds is 3. The molecule has 3 rings (SSSR count). The van der Waals surface area contributed by atoms with Gasteiger partial charge in [0.1, 0.15) is 5.82 Å². The molecule has 0 aromatic heterocycles. The first-order chi connectivity index (χ1) is 9.63. The number of hydrogen-bond donors (Lipinski definition) is 1. The molecule has 0 fully saturated rings. The minimum Gasteiger partial charge on any atom is -0.324 e. The third kappa shape index (κ3) is 2.72. The molecule has 104 valence electrons. The van der Waals surface area contributed by atoms with Crippen LogP contribution >= 0.6 is 11.6 Å². The second kappa shape index (κ2) is 5.55. The number of nitrogens with two attached hydrogens (primary N) is 1. The zero-order valence-corrected chi connectivity index (χ0v) is 12.0. The Balaban J connectivity index is 1.80. The van der Waals surface area contributed by atoms with Crippen LogP contribution in [0.15, 0.2) is 36.4 Å². The van der Waals surface area contributed by atoms with Crippen molar-refractivity contribution in [1.82, 2.24) is 0 Å². The van der Waals surface area contributed by atoms with Crippen LogP contribution in [0.3, 0.4) is 0 Å². The Hall–Kier alpha value is -1.38. The molecule has 2 aromatic carbocycles. The largest absolute Gasteiger partial charge is 0.324 e. The summed E-state index contributed by atoms with van der Waals surface area (Å²) in [5, 5.41) is 0.414. The predicted molar refractivity (Wildman–Crippen MR) is 80.5 cm³/mol. The van der Waals surface area contributed by atoms with Crippen molar-refractivity contribution < 1.29 is 4.39 Å². The minimum absolute atomic E-state index is 0.184. The standard InChI is InChI=1S/C17H17ClFN/c18-15-7-6-13(16(19)10-15)9-17(20)14-5-4-11-2-1-3-12(11)8-14/h4-8,10,17H,1-3,9,20H2. The molecule has 0 bridgehead atoms. The maximum atomic E-state index is 13.8. The maximum Gasteiger partial charge on any atom is 0.127 e. The quantitative estimate of drug-likeness (QED) is 0.900. The molecule has 0 saturated heterocycles. The van der Waals surface area contributed by atoms with Crippen LogP contribution in [-0.4, -0.2) is 0 Å². The monoisotopic (exact) mass is 289 g/mol. The molecule has 1 aliphatic rings. The van der Waals surface area contributed by atoms with Gasteiger partial charge in [-0.3, -0.25) is 0 Å². The summed E-state index contributed by atoms with van der Waals surface area (Å²) in [6.07, 6.45) is 4.00. The van der Waals surface area contributed by atoms with Gasteiger partial charge in [-0.1, -0.05) is 35.9 Å². The van der Waals surface area contributed by atoms with E-state index in [2.05, 4.69) is 18.2 Å². The van der Waals surface area contributed by atoms with E-state index in [1.54, 1.807) is 12.1 Å². The topological polar surface area (TPSA) is 26.0 Å². The van der Waals surface area contributed by atoms with Crippen molar-refractivity contribution in [1.29, 1.82) is 0 Å². The molecule has 1 atom stereocenters. The Morgan fingerprint density at radius 1 is 1.10 bits per heavy atom. The summed E-state index contributed by atoms with van der Waals surface area (Å²) >= 11 is 5.76. The number of benzene rings is 2. The zero-order valence-electron chi connectivity index (χ0n) is 11.2. The van der Waals surface area contributed by atoms with E-state index in [0.717, 1.165) is 18.4 Å². The van der Waals surface area contributed by atoms with E-state index in [-0.39, 0.29) is 11.9 Å². The van der Waals surface area contributed by atoms with Crippen LogP contribution in [0.25, 0.3) is 0 Å². The highest BCUT2D eigenvalue weighted by molar-refractivity contribution is 6.30. The molecular formula is C17H17ClFN. The summed E-state index contributed by atoms with van der Waals surface area (Å²) in [6.45, 7) is 0. The lowest BCUT2D eigenvalue weighted by Crippen LogP contribution is -2.14. The van der Waals surface area contributed by atoms with Gasteiger partial charge in [0.05, 0.1) is 0 Å². The van der Waals surface area contributed by atoms with Gasteiger partial charge in [0.15, 0.2) is 0 Å². The third-order valence-electron chi connectivity index (χ3n) is 4.01. The van der Waals surface area contributed by atoms with Crippen molar-refractivity contribution in [2.24, 2.45) is 5.73 Å². The van der Waals surface area contributed by atoms with E-state index in [9.17, 15) is 4.39 Å². The SMILES string of the molecule is NC(Cc1ccc(Cl)cc1F)c1ccc2c(c1)CCC2. The van der Waals surface area contributed by atoms with Crippen molar-refractivity contribution in [3.05, 3.63) is 69.5 Å². The Morgan fingerprint density at radius 3 is 2.70 bits per heavy atom. The number of aryl methyl sites for hydroxylation is 2. The molecule has 1 aliphatic carbocycles. The normalized spacial score (nSPS) is 15.2. The predicted octanol–water partition coefficient (Wildman–Crippen LogP) is 4.21. The molecular weight excluding hydrogens is 273 g/mol. The second-order valence-corrected chi connectivity index (χ2v) is 5.86. The average molecular weight is 290 g/mol. The highest BCUT2D eigenvalue weighted by atomic mass is 35.5. The lowest BCUT2D eigenvalue weighted by Gasteiger charge is -2.14. The molecule has 3 heteroatoms. The second-order valence-electron chi connectivity index (χ2n) is 5.43. The summed E-state index contributed by atoms with van der Waals surface area (Å²) in [6, 6.07) is 11.0. The van der Waals surface area contributed by atoms with E-state index in [0.29, 0.717) is 17.0 Å². The molecule has 0 spiro atoms. The number of fused-ring (bicyclic) bond motifs is 1. The Kier molecular flexibility index (Phi) is 3.77. The maximum absolute atomic E-state index is 13.8. The molecule has 0 heterocycles. The van der Waals surface area contributed by atoms with Crippen LogP contribution in [-0.2, 0) is 19.3 Å². The summed E-state index contributed by atoms with van der Waals surface area (Å²) in [4.78, 5) is 0. The van der Waals surface area contributed by atoms with Crippen LogP contribution < -0.4 is 5.73 Å². The average Bonchev–Trinajstić information content (AvgIpc) is 2.89. The molecule has 2 N–H and O–H groups in total. The van der Waals surface area contributed by atoms with Gasteiger partial charge in [-0.05, 0) is 60.1 Å². The first kappa shape index (κ1) is 13.6. The third-order valence-corrected chi connectivity index (χ3v) is 4.24. The van der Waals surface area contributed by atoms with E-state index >= 15 is 0 Å². The summed E-state index contributed by atoms with van der Waals surface area (Å²) in [5.74, 6) is -0.283. The van der Waals surface area contributed by atoms with Crippen molar-refractivity contribution in [3.63, 3.8) is 0 Å². The Bertz CT molecular complexity index is 639.